The highest BCUT2D eigenvalue weighted by Crippen LogP contribution is 2.35. The zero-order valence-corrected chi connectivity index (χ0v) is 18.9. The van der Waals surface area contributed by atoms with Crippen molar-refractivity contribution in [3.8, 4) is 0 Å². The van der Waals surface area contributed by atoms with Crippen LogP contribution < -0.4 is 4.90 Å². The molecule has 4 rings (SSSR count). The number of benzene rings is 3. The van der Waals surface area contributed by atoms with Crippen molar-refractivity contribution in [3.63, 3.8) is 0 Å². The highest BCUT2D eigenvalue weighted by Gasteiger charge is 2.51. The van der Waals surface area contributed by atoms with Crippen LogP contribution in [0.25, 0.3) is 0 Å². The van der Waals surface area contributed by atoms with Crippen LogP contribution in [0.2, 0.25) is 0 Å². The minimum atomic E-state index is -0.924. The Balaban J connectivity index is 1.64. The normalized spacial score (nSPS) is 15.6. The molecule has 5 heteroatoms. The third-order valence-electron chi connectivity index (χ3n) is 5.82. The van der Waals surface area contributed by atoms with Crippen LogP contribution in [-0.4, -0.2) is 28.6 Å². The summed E-state index contributed by atoms with van der Waals surface area (Å²) in [6, 6.07) is 25.7. The topological polar surface area (TPSA) is 40.6 Å². The molecule has 4 nitrogen and oxygen atoms in total. The molecule has 0 N–H and O–H groups in total. The molecular weight excluding hydrogens is 404 g/mol. The fourth-order valence-electron chi connectivity index (χ4n) is 3.95. The minimum absolute atomic E-state index is 0.198. The van der Waals surface area contributed by atoms with Crippen molar-refractivity contribution in [1.29, 1.82) is 0 Å². The second kappa shape index (κ2) is 8.60. The fraction of sp³-hybridized carbons (Fsp3) is 0.231. The van der Waals surface area contributed by atoms with Crippen LogP contribution >= 0.6 is 11.8 Å². The molecule has 1 heterocycles. The van der Waals surface area contributed by atoms with Gasteiger partial charge in [0.05, 0.1) is 5.69 Å². The first-order valence-corrected chi connectivity index (χ1v) is 11.5. The van der Waals surface area contributed by atoms with Gasteiger partial charge < -0.3 is 4.90 Å². The molecule has 1 fully saturated rings. The molecule has 31 heavy (non-hydrogen) atoms. The van der Waals surface area contributed by atoms with E-state index in [2.05, 4.69) is 18.2 Å². The van der Waals surface area contributed by atoms with Gasteiger partial charge in [-0.05, 0) is 61.4 Å². The fourth-order valence-corrected chi connectivity index (χ4v) is 4.40. The third-order valence-corrected chi connectivity index (χ3v) is 6.54. The predicted molar refractivity (Wildman–Crippen MR) is 126 cm³/mol. The number of anilines is 1. The molecule has 0 unspecified atom stereocenters. The highest BCUT2D eigenvalue weighted by molar-refractivity contribution is 7.98. The molecule has 0 aliphatic carbocycles. The predicted octanol–water partition coefficient (Wildman–Crippen LogP) is 5.75. The van der Waals surface area contributed by atoms with Gasteiger partial charge in [0.2, 0.25) is 0 Å². The molecule has 1 saturated heterocycles. The van der Waals surface area contributed by atoms with Gasteiger partial charge in [0, 0.05) is 11.4 Å². The lowest BCUT2D eigenvalue weighted by molar-refractivity contribution is -0.123. The van der Waals surface area contributed by atoms with E-state index in [0.29, 0.717) is 12.2 Å². The van der Waals surface area contributed by atoms with Crippen LogP contribution in [0.5, 0.6) is 0 Å². The lowest BCUT2D eigenvalue weighted by Crippen LogP contribution is -2.43. The van der Waals surface area contributed by atoms with E-state index in [1.807, 2.05) is 80.8 Å². The van der Waals surface area contributed by atoms with Crippen molar-refractivity contribution in [2.75, 3.05) is 11.2 Å². The van der Waals surface area contributed by atoms with Crippen molar-refractivity contribution in [2.45, 2.75) is 37.2 Å². The van der Waals surface area contributed by atoms with Crippen molar-refractivity contribution in [2.24, 2.45) is 0 Å². The number of carbonyl (C=O) groups is 2. The highest BCUT2D eigenvalue weighted by atomic mass is 32.2. The van der Waals surface area contributed by atoms with Gasteiger partial charge >= 0.3 is 6.03 Å². The molecule has 3 aromatic rings. The number of amides is 3. The van der Waals surface area contributed by atoms with E-state index in [9.17, 15) is 9.59 Å². The molecule has 3 aromatic carbocycles. The first-order chi connectivity index (χ1) is 14.9. The van der Waals surface area contributed by atoms with Crippen LogP contribution in [0.3, 0.4) is 0 Å². The second-order valence-electron chi connectivity index (χ2n) is 8.20. The maximum atomic E-state index is 13.4. The van der Waals surface area contributed by atoms with Crippen LogP contribution in [0.1, 0.15) is 30.5 Å². The Morgan fingerprint density at radius 3 is 2.23 bits per heavy atom. The number of urea groups is 1. The average Bonchev–Trinajstić information content (AvgIpc) is 2.95. The van der Waals surface area contributed by atoms with Gasteiger partial charge in [-0.25, -0.2) is 9.69 Å². The Labute approximate surface area is 187 Å². The number of imide groups is 1. The lowest BCUT2D eigenvalue weighted by atomic mass is 9.97. The smallest absolute Gasteiger partial charge is 0.305 e. The Hall–Kier alpha value is -3.05. The molecule has 3 amide bonds. The molecule has 0 radical (unpaired) electrons. The number of nitrogens with zero attached hydrogens (tertiary/aromatic N) is 2. The Kier molecular flexibility index (Phi) is 5.88. The van der Waals surface area contributed by atoms with Gasteiger partial charge in [0.25, 0.3) is 5.91 Å². The van der Waals surface area contributed by atoms with Gasteiger partial charge in [0.15, 0.2) is 0 Å². The second-order valence-corrected chi connectivity index (χ2v) is 9.08. The van der Waals surface area contributed by atoms with E-state index in [1.54, 1.807) is 16.7 Å². The summed E-state index contributed by atoms with van der Waals surface area (Å²) in [5.41, 5.74) is 3.13. The van der Waals surface area contributed by atoms with Crippen LogP contribution in [0, 0.1) is 0 Å². The number of hydrogen-bond donors (Lipinski definition) is 0. The maximum absolute atomic E-state index is 13.4. The number of rotatable bonds is 6. The molecule has 1 aliphatic rings. The van der Waals surface area contributed by atoms with Gasteiger partial charge in [-0.3, -0.25) is 4.79 Å². The van der Waals surface area contributed by atoms with Crippen molar-refractivity contribution >= 4 is 29.4 Å². The van der Waals surface area contributed by atoms with E-state index < -0.39 is 5.54 Å². The first kappa shape index (κ1) is 21.2. The molecule has 0 bridgehead atoms. The summed E-state index contributed by atoms with van der Waals surface area (Å²) in [7, 11) is 0. The SMILES string of the molecule is CSc1cccc(N2C(=O)N(Cc3ccccc3Cc3ccccc3)C(C)(C)C2=O)c1. The molecule has 0 atom stereocenters. The quantitative estimate of drug-likeness (QED) is 0.369. The van der Waals surface area contributed by atoms with Crippen LogP contribution in [-0.2, 0) is 17.8 Å². The third kappa shape index (κ3) is 4.10. The summed E-state index contributed by atoms with van der Waals surface area (Å²) in [4.78, 5) is 30.7. The standard InChI is InChI=1S/C26H26N2O2S/c1-26(2)24(29)28(22-14-9-15-23(17-22)31-3)25(30)27(26)18-21-13-8-7-12-20(21)16-19-10-5-4-6-11-19/h4-15,17H,16,18H2,1-3H3. The number of hydrogen-bond acceptors (Lipinski definition) is 3. The molecule has 0 spiro atoms. The first-order valence-electron chi connectivity index (χ1n) is 10.3. The summed E-state index contributed by atoms with van der Waals surface area (Å²) in [6.45, 7) is 4.04. The molecular formula is C26H26N2O2S. The summed E-state index contributed by atoms with van der Waals surface area (Å²) >= 11 is 1.59. The minimum Gasteiger partial charge on any atom is -0.305 e. The zero-order chi connectivity index (χ0) is 22.0. The molecule has 158 valence electrons. The van der Waals surface area contributed by atoms with Crippen LogP contribution in [0.15, 0.2) is 83.8 Å². The average molecular weight is 431 g/mol. The largest absolute Gasteiger partial charge is 0.332 e. The lowest BCUT2D eigenvalue weighted by Gasteiger charge is -2.28. The van der Waals surface area contributed by atoms with Crippen LogP contribution in [0.4, 0.5) is 10.5 Å². The maximum Gasteiger partial charge on any atom is 0.332 e. The summed E-state index contributed by atoms with van der Waals surface area (Å²) < 4.78 is 0. The van der Waals surface area contributed by atoms with Gasteiger partial charge in [-0.1, -0.05) is 60.7 Å². The van der Waals surface area contributed by atoms with Crippen molar-refractivity contribution in [3.05, 3.63) is 95.6 Å². The monoisotopic (exact) mass is 430 g/mol. The summed E-state index contributed by atoms with van der Waals surface area (Å²) in [5.74, 6) is -0.198. The molecule has 0 aromatic heterocycles. The van der Waals surface area contributed by atoms with E-state index in [-0.39, 0.29) is 11.9 Å². The molecule has 1 aliphatic heterocycles. The Morgan fingerprint density at radius 2 is 1.52 bits per heavy atom. The van der Waals surface area contributed by atoms with E-state index >= 15 is 0 Å². The van der Waals surface area contributed by atoms with E-state index in [0.717, 1.165) is 22.4 Å². The summed E-state index contributed by atoms with van der Waals surface area (Å²) in [5, 5.41) is 0. The zero-order valence-electron chi connectivity index (χ0n) is 18.0. The Morgan fingerprint density at radius 1 is 0.839 bits per heavy atom. The van der Waals surface area contributed by atoms with Gasteiger partial charge in [-0.2, -0.15) is 0 Å². The Bertz CT molecular complexity index is 1110. The number of carbonyl (C=O) groups excluding carboxylic acids is 2. The van der Waals surface area contributed by atoms with E-state index in [1.165, 1.54) is 10.5 Å². The van der Waals surface area contributed by atoms with Crippen molar-refractivity contribution < 1.29 is 9.59 Å². The molecule has 0 saturated carbocycles. The van der Waals surface area contributed by atoms with E-state index in [4.69, 9.17) is 0 Å². The van der Waals surface area contributed by atoms with Crippen molar-refractivity contribution in [1.82, 2.24) is 4.90 Å². The van der Waals surface area contributed by atoms with Gasteiger partial charge in [-0.15, -0.1) is 11.8 Å². The van der Waals surface area contributed by atoms with Gasteiger partial charge in [0.1, 0.15) is 5.54 Å². The summed E-state index contributed by atoms with van der Waals surface area (Å²) in [6.07, 6.45) is 2.76. The number of thioether (sulfide) groups is 1.